The molecule has 0 atom stereocenters. The lowest BCUT2D eigenvalue weighted by Gasteiger charge is -1.98. The maximum atomic E-state index is 4.02. The van der Waals surface area contributed by atoms with Crippen molar-refractivity contribution < 1.29 is 0 Å². The van der Waals surface area contributed by atoms with Crippen molar-refractivity contribution in [2.75, 3.05) is 12.4 Å². The maximum Gasteiger partial charge on any atom is 0.147 e. The van der Waals surface area contributed by atoms with E-state index < -0.39 is 0 Å². The lowest BCUT2D eigenvalue weighted by Crippen LogP contribution is -1.95. The van der Waals surface area contributed by atoms with Gasteiger partial charge in [0.2, 0.25) is 0 Å². The highest BCUT2D eigenvalue weighted by atomic mass is 15.0. The Morgan fingerprint density at radius 3 is 2.18 bits per heavy atom. The molecule has 1 aromatic rings. The quantitative estimate of drug-likeness (QED) is 0.620. The van der Waals surface area contributed by atoms with Crippen molar-refractivity contribution in [3.63, 3.8) is 0 Å². The number of rotatable bonds is 1. The topological polar surface area (TPSA) is 37.8 Å². The van der Waals surface area contributed by atoms with Gasteiger partial charge in [0.25, 0.3) is 0 Å². The minimum atomic E-state index is 0.845. The van der Waals surface area contributed by atoms with Crippen LogP contribution >= 0.6 is 0 Å². The number of nitrogens with one attached hydrogen (secondary N) is 1. The molecule has 60 valence electrons. The molecule has 1 heterocycles. The van der Waals surface area contributed by atoms with Crippen LogP contribution in [0, 0.1) is 6.92 Å². The summed E-state index contributed by atoms with van der Waals surface area (Å²) in [6.45, 7) is 7.92. The molecule has 1 N–H and O–H groups in total. The monoisotopic (exact) mass is 151 g/mol. The molecule has 0 bridgehead atoms. The van der Waals surface area contributed by atoms with E-state index in [2.05, 4.69) is 28.4 Å². The molecule has 0 spiro atoms. The van der Waals surface area contributed by atoms with E-state index in [1.807, 2.05) is 14.0 Å². The number of hydrogen-bond donors (Lipinski definition) is 1. The Kier molecular flexibility index (Phi) is 4.73. The van der Waals surface area contributed by atoms with E-state index in [1.165, 1.54) is 0 Å². The lowest BCUT2D eigenvalue weighted by molar-refractivity contribution is 1.11. The van der Waals surface area contributed by atoms with Crippen molar-refractivity contribution in [3.05, 3.63) is 31.2 Å². The summed E-state index contributed by atoms with van der Waals surface area (Å²) in [5, 5.41) is 2.92. The molecule has 0 saturated heterocycles. The Bertz CT molecular complexity index is 210. The van der Waals surface area contributed by atoms with E-state index in [0.717, 1.165) is 11.5 Å². The molecule has 0 amide bonds. The molecule has 11 heavy (non-hydrogen) atoms. The summed E-state index contributed by atoms with van der Waals surface area (Å²) in [6, 6.07) is 0. The minimum Gasteiger partial charge on any atom is -0.372 e. The van der Waals surface area contributed by atoms with Gasteiger partial charge in [0.1, 0.15) is 5.82 Å². The van der Waals surface area contributed by atoms with Gasteiger partial charge in [-0.1, -0.05) is 0 Å². The van der Waals surface area contributed by atoms with Gasteiger partial charge in [-0.3, -0.25) is 4.98 Å². The first-order valence-electron chi connectivity index (χ1n) is 3.30. The van der Waals surface area contributed by atoms with Crippen LogP contribution in [-0.4, -0.2) is 17.0 Å². The third-order valence-electron chi connectivity index (χ3n) is 1.12. The zero-order chi connectivity index (χ0) is 8.69. The SMILES string of the molecule is C=C.CNc1nccnc1C. The number of anilines is 1. The molecule has 1 aromatic heterocycles. The Morgan fingerprint density at radius 1 is 1.27 bits per heavy atom. The Morgan fingerprint density at radius 2 is 1.82 bits per heavy atom. The fourth-order valence-corrected chi connectivity index (χ4v) is 0.653. The van der Waals surface area contributed by atoms with Crippen molar-refractivity contribution in [2.24, 2.45) is 0 Å². The Labute approximate surface area is 67.2 Å². The van der Waals surface area contributed by atoms with Gasteiger partial charge in [-0.15, -0.1) is 13.2 Å². The largest absolute Gasteiger partial charge is 0.372 e. The summed E-state index contributed by atoms with van der Waals surface area (Å²) in [6.07, 6.45) is 3.34. The van der Waals surface area contributed by atoms with Gasteiger partial charge in [0.15, 0.2) is 0 Å². The lowest BCUT2D eigenvalue weighted by atomic mass is 10.4. The molecule has 3 nitrogen and oxygen atoms in total. The predicted octanol–water partition coefficient (Wildman–Crippen LogP) is 1.63. The summed E-state index contributed by atoms with van der Waals surface area (Å²) in [4.78, 5) is 8.05. The van der Waals surface area contributed by atoms with Gasteiger partial charge in [-0.2, -0.15) is 0 Å². The van der Waals surface area contributed by atoms with Crippen LogP contribution in [0.4, 0.5) is 5.82 Å². The average Bonchev–Trinajstić information content (AvgIpc) is 2.09. The van der Waals surface area contributed by atoms with Gasteiger partial charge < -0.3 is 5.32 Å². The van der Waals surface area contributed by atoms with Crippen molar-refractivity contribution in [2.45, 2.75) is 6.92 Å². The molecule has 0 fully saturated rings. The van der Waals surface area contributed by atoms with Gasteiger partial charge in [0, 0.05) is 19.4 Å². The average molecular weight is 151 g/mol. The van der Waals surface area contributed by atoms with E-state index in [-0.39, 0.29) is 0 Å². The summed E-state index contributed by atoms with van der Waals surface area (Å²) in [5.41, 5.74) is 0.931. The van der Waals surface area contributed by atoms with Gasteiger partial charge >= 0.3 is 0 Å². The number of hydrogen-bond acceptors (Lipinski definition) is 3. The highest BCUT2D eigenvalue weighted by Gasteiger charge is 1.92. The van der Waals surface area contributed by atoms with Gasteiger partial charge in [0.05, 0.1) is 5.69 Å². The Hall–Kier alpha value is -1.38. The summed E-state index contributed by atoms with van der Waals surface area (Å²) < 4.78 is 0. The van der Waals surface area contributed by atoms with Crippen LogP contribution in [0.3, 0.4) is 0 Å². The molecule has 0 aromatic carbocycles. The zero-order valence-electron chi connectivity index (χ0n) is 6.96. The van der Waals surface area contributed by atoms with Crippen LogP contribution in [-0.2, 0) is 0 Å². The van der Waals surface area contributed by atoms with E-state index in [1.54, 1.807) is 12.4 Å². The molecule has 0 aliphatic rings. The first kappa shape index (κ1) is 9.62. The Balaban J connectivity index is 0.000000461. The summed E-state index contributed by atoms with van der Waals surface area (Å²) in [7, 11) is 1.83. The number of nitrogens with zero attached hydrogens (tertiary/aromatic N) is 2. The highest BCUT2D eigenvalue weighted by molar-refractivity contribution is 5.36. The molecule has 0 aliphatic heterocycles. The molecular weight excluding hydrogens is 138 g/mol. The van der Waals surface area contributed by atoms with Crippen molar-refractivity contribution in [1.82, 2.24) is 9.97 Å². The van der Waals surface area contributed by atoms with E-state index in [4.69, 9.17) is 0 Å². The smallest absolute Gasteiger partial charge is 0.147 e. The van der Waals surface area contributed by atoms with Gasteiger partial charge in [-0.25, -0.2) is 4.98 Å². The zero-order valence-corrected chi connectivity index (χ0v) is 6.96. The third-order valence-corrected chi connectivity index (χ3v) is 1.12. The van der Waals surface area contributed by atoms with Crippen molar-refractivity contribution in [3.8, 4) is 0 Å². The van der Waals surface area contributed by atoms with E-state index >= 15 is 0 Å². The minimum absolute atomic E-state index is 0.845. The van der Waals surface area contributed by atoms with E-state index in [0.29, 0.717) is 0 Å². The first-order chi connectivity index (χ1) is 5.34. The van der Waals surface area contributed by atoms with Crippen molar-refractivity contribution >= 4 is 5.82 Å². The van der Waals surface area contributed by atoms with Crippen LogP contribution in [0.1, 0.15) is 5.69 Å². The second kappa shape index (κ2) is 5.41. The second-order valence-corrected chi connectivity index (χ2v) is 1.74. The molecule has 0 unspecified atom stereocenters. The fraction of sp³-hybridized carbons (Fsp3) is 0.250. The standard InChI is InChI=1S/C6H9N3.C2H4/c1-5-6(7-2)9-4-3-8-5;1-2/h3-4H,1-2H3,(H,7,9);1-2H2. The fourth-order valence-electron chi connectivity index (χ4n) is 0.653. The summed E-state index contributed by atoms with van der Waals surface area (Å²) >= 11 is 0. The predicted molar refractivity (Wildman–Crippen MR) is 47.6 cm³/mol. The molecule has 0 saturated carbocycles. The first-order valence-corrected chi connectivity index (χ1v) is 3.30. The van der Waals surface area contributed by atoms with E-state index in [9.17, 15) is 0 Å². The normalized spacial score (nSPS) is 7.82. The molecule has 3 heteroatoms. The molecular formula is C8H13N3. The highest BCUT2D eigenvalue weighted by Crippen LogP contribution is 2.02. The maximum absolute atomic E-state index is 4.02. The third kappa shape index (κ3) is 2.80. The molecule has 0 aliphatic carbocycles. The van der Waals surface area contributed by atoms with Crippen LogP contribution in [0.15, 0.2) is 25.6 Å². The van der Waals surface area contributed by atoms with Crippen LogP contribution < -0.4 is 5.32 Å². The number of aryl methyl sites for hydroxylation is 1. The molecule has 0 radical (unpaired) electrons. The number of aromatic nitrogens is 2. The summed E-state index contributed by atoms with van der Waals surface area (Å²) in [5.74, 6) is 0.845. The van der Waals surface area contributed by atoms with Gasteiger partial charge in [-0.05, 0) is 6.92 Å². The van der Waals surface area contributed by atoms with Crippen molar-refractivity contribution in [1.29, 1.82) is 0 Å². The van der Waals surface area contributed by atoms with Crippen LogP contribution in [0.25, 0.3) is 0 Å². The molecule has 1 rings (SSSR count). The second-order valence-electron chi connectivity index (χ2n) is 1.74. The van der Waals surface area contributed by atoms with Crippen LogP contribution in [0.5, 0.6) is 0 Å². The van der Waals surface area contributed by atoms with Crippen LogP contribution in [0.2, 0.25) is 0 Å².